The fraction of sp³-hybridized carbons (Fsp3) is 0.375. The Labute approximate surface area is 129 Å². The lowest BCUT2D eigenvalue weighted by atomic mass is 10.0. The van der Waals surface area contributed by atoms with E-state index >= 15 is 0 Å². The Balaban J connectivity index is 2.20. The zero-order valence-electron chi connectivity index (χ0n) is 12.1. The molecule has 4 nitrogen and oxygen atoms in total. The number of hydrogen-bond acceptors (Lipinski definition) is 3. The van der Waals surface area contributed by atoms with Gasteiger partial charge in [-0.2, -0.15) is 0 Å². The number of nitrogens with one attached hydrogen (secondary N) is 1. The number of carbonyl (C=O) groups is 1. The summed E-state index contributed by atoms with van der Waals surface area (Å²) >= 11 is 6.05. The first kappa shape index (κ1) is 15.7. The molecular formula is C16H19ClN2O2. The summed E-state index contributed by atoms with van der Waals surface area (Å²) in [6.45, 7) is 4.17. The smallest absolute Gasteiger partial charge is 0.253 e. The molecule has 1 aromatic heterocycles. The monoisotopic (exact) mass is 306 g/mol. The molecule has 0 aliphatic heterocycles. The van der Waals surface area contributed by atoms with Crippen LogP contribution in [0.3, 0.4) is 0 Å². The van der Waals surface area contributed by atoms with Crippen molar-refractivity contribution in [3.8, 4) is 0 Å². The summed E-state index contributed by atoms with van der Waals surface area (Å²) in [7, 11) is 0. The second-order valence-electron chi connectivity index (χ2n) is 5.19. The maximum atomic E-state index is 12.3. The number of carbonyl (C=O) groups excluding carboxylic acids is 1. The van der Waals surface area contributed by atoms with E-state index in [1.807, 2.05) is 19.9 Å². The Morgan fingerprint density at radius 1 is 1.48 bits per heavy atom. The van der Waals surface area contributed by atoms with Crippen LogP contribution in [0, 0.1) is 5.92 Å². The summed E-state index contributed by atoms with van der Waals surface area (Å²) in [5, 5.41) is 14.0. The van der Waals surface area contributed by atoms with Gasteiger partial charge in [0.25, 0.3) is 5.91 Å². The number of aliphatic hydroxyl groups is 1. The van der Waals surface area contributed by atoms with Gasteiger partial charge in [-0.25, -0.2) is 0 Å². The number of fused-ring (bicyclic) bond motifs is 1. The van der Waals surface area contributed by atoms with Gasteiger partial charge in [-0.3, -0.25) is 9.78 Å². The van der Waals surface area contributed by atoms with E-state index in [0.717, 1.165) is 11.8 Å². The zero-order chi connectivity index (χ0) is 15.4. The van der Waals surface area contributed by atoms with Gasteiger partial charge in [0.1, 0.15) is 0 Å². The highest BCUT2D eigenvalue weighted by Gasteiger charge is 2.16. The minimum atomic E-state index is -0.558. The maximum Gasteiger partial charge on any atom is 0.253 e. The SMILES string of the molecule is CCC(C)C(O)CNC(=O)c1cc(Cl)cc2cccnc12. The molecule has 2 unspecified atom stereocenters. The molecular weight excluding hydrogens is 288 g/mol. The highest BCUT2D eigenvalue weighted by Crippen LogP contribution is 2.22. The van der Waals surface area contributed by atoms with Crippen molar-refractivity contribution in [3.05, 3.63) is 41.0 Å². The number of aliphatic hydroxyl groups excluding tert-OH is 1. The van der Waals surface area contributed by atoms with Gasteiger partial charge in [0, 0.05) is 23.2 Å². The molecule has 2 aromatic rings. The average molecular weight is 307 g/mol. The Morgan fingerprint density at radius 3 is 2.95 bits per heavy atom. The van der Waals surface area contributed by atoms with Crippen LogP contribution < -0.4 is 5.32 Å². The number of amides is 1. The third kappa shape index (κ3) is 3.71. The van der Waals surface area contributed by atoms with Crippen LogP contribution in [-0.2, 0) is 0 Å². The lowest BCUT2D eigenvalue weighted by Crippen LogP contribution is -2.35. The molecule has 2 atom stereocenters. The molecule has 5 heteroatoms. The minimum Gasteiger partial charge on any atom is -0.391 e. The molecule has 112 valence electrons. The van der Waals surface area contributed by atoms with Crippen molar-refractivity contribution < 1.29 is 9.90 Å². The fourth-order valence-corrected chi connectivity index (χ4v) is 2.32. The second-order valence-corrected chi connectivity index (χ2v) is 5.63. The molecule has 0 saturated heterocycles. The third-order valence-corrected chi connectivity index (χ3v) is 3.91. The summed E-state index contributed by atoms with van der Waals surface area (Å²) < 4.78 is 0. The van der Waals surface area contributed by atoms with Crippen LogP contribution in [0.15, 0.2) is 30.5 Å². The first-order chi connectivity index (χ1) is 10.0. The van der Waals surface area contributed by atoms with Crippen LogP contribution in [0.5, 0.6) is 0 Å². The number of nitrogens with zero attached hydrogens (tertiary/aromatic N) is 1. The van der Waals surface area contributed by atoms with Gasteiger partial charge >= 0.3 is 0 Å². The van der Waals surface area contributed by atoms with E-state index in [1.165, 1.54) is 0 Å². The highest BCUT2D eigenvalue weighted by atomic mass is 35.5. The second kappa shape index (κ2) is 6.87. The molecule has 2 rings (SSSR count). The molecule has 0 aliphatic rings. The Morgan fingerprint density at radius 2 is 2.24 bits per heavy atom. The summed E-state index contributed by atoms with van der Waals surface area (Å²) in [5.74, 6) is -0.136. The summed E-state index contributed by atoms with van der Waals surface area (Å²) in [6, 6.07) is 7.03. The summed E-state index contributed by atoms with van der Waals surface area (Å²) in [4.78, 5) is 16.5. The normalized spacial score (nSPS) is 13.9. The van der Waals surface area contributed by atoms with E-state index in [1.54, 1.807) is 24.4 Å². The lowest BCUT2D eigenvalue weighted by Gasteiger charge is -2.17. The molecule has 0 fully saturated rings. The molecule has 21 heavy (non-hydrogen) atoms. The third-order valence-electron chi connectivity index (χ3n) is 3.69. The lowest BCUT2D eigenvalue weighted by molar-refractivity contribution is 0.0851. The average Bonchev–Trinajstić information content (AvgIpc) is 2.50. The van der Waals surface area contributed by atoms with Crippen molar-refractivity contribution in [2.24, 2.45) is 5.92 Å². The van der Waals surface area contributed by atoms with Crippen molar-refractivity contribution in [1.82, 2.24) is 10.3 Å². The molecule has 0 spiro atoms. The van der Waals surface area contributed by atoms with E-state index < -0.39 is 6.10 Å². The molecule has 1 amide bonds. The van der Waals surface area contributed by atoms with Gasteiger partial charge in [0.15, 0.2) is 0 Å². The summed E-state index contributed by atoms with van der Waals surface area (Å²) in [5.41, 5.74) is 1.03. The van der Waals surface area contributed by atoms with E-state index in [9.17, 15) is 9.90 Å². The fourth-order valence-electron chi connectivity index (χ4n) is 2.09. The number of pyridine rings is 1. The molecule has 0 bridgehead atoms. The number of rotatable bonds is 5. The van der Waals surface area contributed by atoms with Crippen molar-refractivity contribution in [1.29, 1.82) is 0 Å². The zero-order valence-corrected chi connectivity index (χ0v) is 12.9. The van der Waals surface area contributed by atoms with E-state index in [0.29, 0.717) is 16.1 Å². The minimum absolute atomic E-state index is 0.138. The highest BCUT2D eigenvalue weighted by molar-refractivity contribution is 6.32. The number of halogens is 1. The number of aromatic nitrogens is 1. The van der Waals surface area contributed by atoms with Gasteiger partial charge in [0.05, 0.1) is 17.2 Å². The largest absolute Gasteiger partial charge is 0.391 e. The van der Waals surface area contributed by atoms with Crippen LogP contribution in [0.1, 0.15) is 30.6 Å². The van der Waals surface area contributed by atoms with Gasteiger partial charge in [0.2, 0.25) is 0 Å². The Hall–Kier alpha value is -1.65. The van der Waals surface area contributed by atoms with Crippen molar-refractivity contribution in [2.75, 3.05) is 6.54 Å². The van der Waals surface area contributed by atoms with Crippen LogP contribution in [-0.4, -0.2) is 28.6 Å². The van der Waals surface area contributed by atoms with Gasteiger partial charge in [-0.15, -0.1) is 0 Å². The van der Waals surface area contributed by atoms with E-state index in [2.05, 4.69) is 10.3 Å². The predicted octanol–water partition coefficient (Wildman–Crippen LogP) is 3.03. The maximum absolute atomic E-state index is 12.3. The number of benzene rings is 1. The molecule has 1 heterocycles. The predicted molar refractivity (Wildman–Crippen MR) is 84.5 cm³/mol. The van der Waals surface area contributed by atoms with Gasteiger partial charge in [-0.1, -0.05) is 37.9 Å². The Kier molecular flexibility index (Phi) is 5.15. The van der Waals surface area contributed by atoms with Crippen LogP contribution >= 0.6 is 11.6 Å². The molecule has 0 radical (unpaired) electrons. The van der Waals surface area contributed by atoms with Crippen LogP contribution in [0.4, 0.5) is 0 Å². The first-order valence-corrected chi connectivity index (χ1v) is 7.41. The molecule has 1 aromatic carbocycles. The molecule has 2 N–H and O–H groups in total. The first-order valence-electron chi connectivity index (χ1n) is 7.03. The van der Waals surface area contributed by atoms with Crippen molar-refractivity contribution in [3.63, 3.8) is 0 Å². The summed E-state index contributed by atoms with van der Waals surface area (Å²) in [6.07, 6.45) is 1.94. The van der Waals surface area contributed by atoms with Crippen LogP contribution in [0.2, 0.25) is 5.02 Å². The quantitative estimate of drug-likeness (QED) is 0.892. The van der Waals surface area contributed by atoms with E-state index in [-0.39, 0.29) is 18.4 Å². The molecule has 0 saturated carbocycles. The molecule has 0 aliphatic carbocycles. The van der Waals surface area contributed by atoms with Crippen molar-refractivity contribution >= 4 is 28.4 Å². The van der Waals surface area contributed by atoms with Crippen molar-refractivity contribution in [2.45, 2.75) is 26.4 Å². The Bertz CT molecular complexity index is 645. The topological polar surface area (TPSA) is 62.2 Å². The van der Waals surface area contributed by atoms with E-state index in [4.69, 9.17) is 11.6 Å². The van der Waals surface area contributed by atoms with Crippen LogP contribution in [0.25, 0.3) is 10.9 Å². The standard InChI is InChI=1S/C16H19ClN2O2/c1-3-10(2)14(20)9-19-16(21)13-8-12(17)7-11-5-4-6-18-15(11)13/h4-8,10,14,20H,3,9H2,1-2H3,(H,19,21). The number of hydrogen-bond donors (Lipinski definition) is 2. The van der Waals surface area contributed by atoms with Gasteiger partial charge < -0.3 is 10.4 Å². The van der Waals surface area contributed by atoms with Gasteiger partial charge in [-0.05, 0) is 24.1 Å².